The van der Waals surface area contributed by atoms with E-state index in [1.807, 2.05) is 24.3 Å². The van der Waals surface area contributed by atoms with E-state index in [9.17, 15) is 9.59 Å². The average molecular weight is 247 g/mol. The molecule has 18 heavy (non-hydrogen) atoms. The fourth-order valence-corrected chi connectivity index (χ4v) is 1.57. The van der Waals surface area contributed by atoms with Crippen LogP contribution in [0.2, 0.25) is 0 Å². The summed E-state index contributed by atoms with van der Waals surface area (Å²) in [7, 11) is 0. The number of benzene rings is 1. The van der Waals surface area contributed by atoms with Crippen LogP contribution < -0.4 is 16.4 Å². The number of carbonyl (C=O) groups excluding carboxylic acids is 2. The van der Waals surface area contributed by atoms with Crippen molar-refractivity contribution in [2.24, 2.45) is 11.7 Å². The van der Waals surface area contributed by atoms with Crippen molar-refractivity contribution in [2.45, 2.75) is 19.4 Å². The number of carbonyl (C=O) groups is 2. The third kappa shape index (κ3) is 3.56. The molecule has 0 aliphatic heterocycles. The van der Waals surface area contributed by atoms with E-state index in [2.05, 4.69) is 10.6 Å². The van der Waals surface area contributed by atoms with Crippen molar-refractivity contribution in [1.82, 2.24) is 5.32 Å². The Morgan fingerprint density at radius 1 is 1.22 bits per heavy atom. The second kappa shape index (κ2) is 5.64. The van der Waals surface area contributed by atoms with Crippen molar-refractivity contribution >= 4 is 17.5 Å². The molecule has 0 spiro atoms. The quantitative estimate of drug-likeness (QED) is 0.712. The highest BCUT2D eigenvalue weighted by molar-refractivity contribution is 5.94. The van der Waals surface area contributed by atoms with Gasteiger partial charge >= 0.3 is 0 Å². The van der Waals surface area contributed by atoms with E-state index in [1.54, 1.807) is 0 Å². The Balaban J connectivity index is 1.84. The molecule has 0 heterocycles. The molecular formula is C13H17N3O2. The van der Waals surface area contributed by atoms with E-state index < -0.39 is 0 Å². The van der Waals surface area contributed by atoms with Crippen LogP contribution >= 0.6 is 0 Å². The Morgan fingerprint density at radius 2 is 1.89 bits per heavy atom. The number of hydrogen-bond donors (Lipinski definition) is 3. The minimum Gasteiger partial charge on any atom is -0.351 e. The zero-order chi connectivity index (χ0) is 13.0. The molecule has 1 aliphatic carbocycles. The van der Waals surface area contributed by atoms with Gasteiger partial charge in [0, 0.05) is 18.2 Å². The van der Waals surface area contributed by atoms with Crippen molar-refractivity contribution < 1.29 is 9.59 Å². The van der Waals surface area contributed by atoms with Crippen LogP contribution in [0.3, 0.4) is 0 Å². The molecule has 5 heteroatoms. The first-order chi connectivity index (χ1) is 8.69. The van der Waals surface area contributed by atoms with Gasteiger partial charge in [-0.2, -0.15) is 0 Å². The van der Waals surface area contributed by atoms with Gasteiger partial charge in [-0.1, -0.05) is 12.1 Å². The molecular weight excluding hydrogens is 230 g/mol. The van der Waals surface area contributed by atoms with E-state index >= 15 is 0 Å². The van der Waals surface area contributed by atoms with Crippen LogP contribution in [0.4, 0.5) is 5.69 Å². The minimum atomic E-state index is -0.180. The Bertz CT molecular complexity index is 438. The van der Waals surface area contributed by atoms with Crippen molar-refractivity contribution in [3.8, 4) is 0 Å². The fraction of sp³-hybridized carbons (Fsp3) is 0.385. The summed E-state index contributed by atoms with van der Waals surface area (Å²) in [6.07, 6.45) is 1.99. The topological polar surface area (TPSA) is 84.2 Å². The molecule has 0 saturated heterocycles. The third-order valence-electron chi connectivity index (χ3n) is 2.84. The number of nitrogens with two attached hydrogens (primary N) is 1. The molecule has 0 bridgehead atoms. The first-order valence-corrected chi connectivity index (χ1v) is 6.05. The summed E-state index contributed by atoms with van der Waals surface area (Å²) in [5, 5.41) is 5.55. The largest absolute Gasteiger partial charge is 0.351 e. The van der Waals surface area contributed by atoms with Crippen molar-refractivity contribution in [3.05, 3.63) is 29.8 Å². The van der Waals surface area contributed by atoms with E-state index in [0.717, 1.165) is 24.1 Å². The highest BCUT2D eigenvalue weighted by Gasteiger charge is 2.29. The van der Waals surface area contributed by atoms with E-state index in [-0.39, 0.29) is 24.3 Å². The molecule has 2 rings (SSSR count). The van der Waals surface area contributed by atoms with Crippen molar-refractivity contribution in [3.63, 3.8) is 0 Å². The molecule has 0 radical (unpaired) electrons. The van der Waals surface area contributed by atoms with Gasteiger partial charge in [0.25, 0.3) is 0 Å². The summed E-state index contributed by atoms with van der Waals surface area (Å²) in [6, 6.07) is 7.42. The number of amides is 2. The van der Waals surface area contributed by atoms with Crippen LogP contribution in [0.15, 0.2) is 24.3 Å². The molecule has 1 fully saturated rings. The predicted molar refractivity (Wildman–Crippen MR) is 68.7 cm³/mol. The second-order valence-electron chi connectivity index (χ2n) is 4.44. The van der Waals surface area contributed by atoms with Gasteiger partial charge in [-0.15, -0.1) is 0 Å². The zero-order valence-electron chi connectivity index (χ0n) is 10.1. The summed E-state index contributed by atoms with van der Waals surface area (Å²) in [5.74, 6) is 0.119. The number of rotatable bonds is 5. The van der Waals surface area contributed by atoms with E-state index in [4.69, 9.17) is 5.73 Å². The summed E-state index contributed by atoms with van der Waals surface area (Å²) in [6.45, 7) is 0.447. The molecule has 0 atom stereocenters. The highest BCUT2D eigenvalue weighted by atomic mass is 16.2. The van der Waals surface area contributed by atoms with Gasteiger partial charge in [-0.05, 0) is 30.5 Å². The fourth-order valence-electron chi connectivity index (χ4n) is 1.57. The van der Waals surface area contributed by atoms with Crippen LogP contribution in [0.1, 0.15) is 18.4 Å². The van der Waals surface area contributed by atoms with Crippen molar-refractivity contribution in [2.75, 3.05) is 11.9 Å². The van der Waals surface area contributed by atoms with E-state index in [0.29, 0.717) is 6.54 Å². The van der Waals surface area contributed by atoms with Gasteiger partial charge in [-0.25, -0.2) is 0 Å². The lowest BCUT2D eigenvalue weighted by Gasteiger charge is -2.06. The highest BCUT2D eigenvalue weighted by Crippen LogP contribution is 2.30. The van der Waals surface area contributed by atoms with Gasteiger partial charge in [-0.3, -0.25) is 9.59 Å². The molecule has 1 aromatic rings. The smallest absolute Gasteiger partial charge is 0.234 e. The predicted octanol–water partition coefficient (Wildman–Crippen LogP) is 0.610. The molecule has 4 N–H and O–H groups in total. The third-order valence-corrected chi connectivity index (χ3v) is 2.84. The summed E-state index contributed by atoms with van der Waals surface area (Å²) in [4.78, 5) is 22.5. The Morgan fingerprint density at radius 3 is 2.44 bits per heavy atom. The first kappa shape index (κ1) is 12.6. The van der Waals surface area contributed by atoms with Gasteiger partial charge < -0.3 is 16.4 Å². The maximum atomic E-state index is 11.5. The summed E-state index contributed by atoms with van der Waals surface area (Å²) < 4.78 is 0. The van der Waals surface area contributed by atoms with Crippen LogP contribution in [0.5, 0.6) is 0 Å². The molecule has 2 amide bonds. The monoisotopic (exact) mass is 247 g/mol. The number of hydrogen-bond acceptors (Lipinski definition) is 3. The molecule has 5 nitrogen and oxygen atoms in total. The molecule has 1 aliphatic rings. The maximum Gasteiger partial charge on any atom is 0.234 e. The van der Waals surface area contributed by atoms with Crippen LogP contribution in [0, 0.1) is 5.92 Å². The average Bonchev–Trinajstić information content (AvgIpc) is 3.21. The molecule has 96 valence electrons. The SMILES string of the molecule is NCC(=O)NCc1ccc(NC(=O)C2CC2)cc1. The van der Waals surface area contributed by atoms with Crippen LogP contribution in [-0.2, 0) is 16.1 Å². The Kier molecular flexibility index (Phi) is 3.94. The molecule has 0 unspecified atom stereocenters. The standard InChI is InChI=1S/C13H17N3O2/c14-7-12(17)15-8-9-1-5-11(6-2-9)16-13(18)10-3-4-10/h1-2,5-6,10H,3-4,7-8,14H2,(H,15,17)(H,16,18). The second-order valence-corrected chi connectivity index (χ2v) is 4.44. The van der Waals surface area contributed by atoms with Crippen LogP contribution in [0.25, 0.3) is 0 Å². The van der Waals surface area contributed by atoms with Gasteiger partial charge in [0.15, 0.2) is 0 Å². The van der Waals surface area contributed by atoms with Gasteiger partial charge in [0.1, 0.15) is 0 Å². The molecule has 1 aromatic carbocycles. The Labute approximate surface area is 106 Å². The summed E-state index contributed by atoms with van der Waals surface area (Å²) >= 11 is 0. The number of nitrogens with one attached hydrogen (secondary N) is 2. The molecule has 1 saturated carbocycles. The van der Waals surface area contributed by atoms with Gasteiger partial charge in [0.05, 0.1) is 6.54 Å². The normalized spacial score (nSPS) is 14.1. The maximum absolute atomic E-state index is 11.5. The lowest BCUT2D eigenvalue weighted by molar-refractivity contribution is -0.120. The van der Waals surface area contributed by atoms with Gasteiger partial charge in [0.2, 0.25) is 11.8 Å². The first-order valence-electron chi connectivity index (χ1n) is 6.05. The van der Waals surface area contributed by atoms with E-state index in [1.165, 1.54) is 0 Å². The Hall–Kier alpha value is -1.88. The summed E-state index contributed by atoms with van der Waals surface area (Å²) in [5.41, 5.74) is 6.96. The molecule has 0 aromatic heterocycles. The van der Waals surface area contributed by atoms with Crippen molar-refractivity contribution in [1.29, 1.82) is 0 Å². The lowest BCUT2D eigenvalue weighted by Crippen LogP contribution is -2.29. The lowest BCUT2D eigenvalue weighted by atomic mass is 10.2. The zero-order valence-corrected chi connectivity index (χ0v) is 10.1. The number of anilines is 1. The van der Waals surface area contributed by atoms with Crippen LogP contribution in [-0.4, -0.2) is 18.4 Å². The minimum absolute atomic E-state index is 0.00444.